The molecule has 2 heterocycles. The van der Waals surface area contributed by atoms with Crippen molar-refractivity contribution in [3.63, 3.8) is 0 Å². The molecule has 0 aliphatic carbocycles. The molecule has 7 heteroatoms. The molecule has 1 unspecified atom stereocenters. The van der Waals surface area contributed by atoms with E-state index in [1.54, 1.807) is 0 Å². The first kappa shape index (κ1) is 25.4. The Morgan fingerprint density at radius 2 is 1.80 bits per heavy atom. The smallest absolute Gasteiger partial charge is 0.191 e. The van der Waals surface area contributed by atoms with Crippen molar-refractivity contribution in [3.05, 3.63) is 35.4 Å². The molecule has 0 bridgehead atoms. The van der Waals surface area contributed by atoms with Crippen molar-refractivity contribution >= 4 is 29.9 Å². The van der Waals surface area contributed by atoms with Crippen molar-refractivity contribution in [3.8, 4) is 0 Å². The number of nitrogens with zero attached hydrogens (tertiary/aromatic N) is 3. The Morgan fingerprint density at radius 3 is 2.50 bits per heavy atom. The second kappa shape index (κ2) is 14.2. The monoisotopic (exact) mass is 529 g/mol. The van der Waals surface area contributed by atoms with Gasteiger partial charge in [-0.3, -0.25) is 14.8 Å². The van der Waals surface area contributed by atoms with Crippen LogP contribution in [0.4, 0.5) is 0 Å². The number of halogens is 1. The van der Waals surface area contributed by atoms with Crippen molar-refractivity contribution in [2.75, 3.05) is 53.0 Å². The Bertz CT molecular complexity index is 619. The maximum Gasteiger partial charge on any atom is 0.191 e. The fourth-order valence-electron chi connectivity index (χ4n) is 4.32. The number of morpholine rings is 1. The van der Waals surface area contributed by atoms with Crippen LogP contribution in [0.25, 0.3) is 0 Å². The van der Waals surface area contributed by atoms with Crippen LogP contribution < -0.4 is 10.6 Å². The molecule has 2 aliphatic rings. The summed E-state index contributed by atoms with van der Waals surface area (Å²) in [5.41, 5.74) is 2.64. The van der Waals surface area contributed by atoms with Crippen LogP contribution in [0.15, 0.2) is 29.3 Å². The highest BCUT2D eigenvalue weighted by Crippen LogP contribution is 2.18. The van der Waals surface area contributed by atoms with E-state index in [0.717, 1.165) is 64.5 Å². The molecular formula is C23H40IN5O. The highest BCUT2D eigenvalue weighted by atomic mass is 127. The number of benzene rings is 1. The maximum atomic E-state index is 5.42. The summed E-state index contributed by atoms with van der Waals surface area (Å²) in [6.07, 6.45) is 5.33. The lowest BCUT2D eigenvalue weighted by molar-refractivity contribution is 0.0342. The maximum absolute atomic E-state index is 5.42. The Morgan fingerprint density at radius 1 is 1.07 bits per heavy atom. The van der Waals surface area contributed by atoms with Gasteiger partial charge in [0.1, 0.15) is 0 Å². The number of hydrogen-bond acceptors (Lipinski definition) is 4. The first-order valence-corrected chi connectivity index (χ1v) is 11.3. The SMILES string of the molecule is CCC1CCCCN1CCNC(=NC)NCc1ccc(CN2CCOCC2)cc1.I. The average molecular weight is 530 g/mol. The lowest BCUT2D eigenvalue weighted by atomic mass is 10.0. The quantitative estimate of drug-likeness (QED) is 0.308. The Balaban J connectivity index is 0.00000320. The van der Waals surface area contributed by atoms with Crippen molar-refractivity contribution in [2.45, 2.75) is 51.7 Å². The molecule has 2 fully saturated rings. The van der Waals surface area contributed by atoms with Crippen LogP contribution in [0.5, 0.6) is 0 Å². The molecule has 1 aromatic rings. The number of rotatable bonds is 8. The molecule has 1 aromatic carbocycles. The third-order valence-corrected chi connectivity index (χ3v) is 6.13. The number of piperidine rings is 1. The molecule has 0 amide bonds. The van der Waals surface area contributed by atoms with Crippen molar-refractivity contribution in [2.24, 2.45) is 4.99 Å². The number of hydrogen-bond donors (Lipinski definition) is 2. The lowest BCUT2D eigenvalue weighted by Gasteiger charge is -2.35. The van der Waals surface area contributed by atoms with E-state index in [9.17, 15) is 0 Å². The van der Waals surface area contributed by atoms with Crippen molar-refractivity contribution < 1.29 is 4.74 Å². The van der Waals surface area contributed by atoms with Gasteiger partial charge in [0.15, 0.2) is 5.96 Å². The van der Waals surface area contributed by atoms with Crippen LogP contribution in [-0.4, -0.2) is 74.8 Å². The Labute approximate surface area is 199 Å². The van der Waals surface area contributed by atoms with Gasteiger partial charge in [0.2, 0.25) is 0 Å². The van der Waals surface area contributed by atoms with Gasteiger partial charge in [0, 0.05) is 52.4 Å². The summed E-state index contributed by atoms with van der Waals surface area (Å²) < 4.78 is 5.42. The molecule has 0 spiro atoms. The summed E-state index contributed by atoms with van der Waals surface area (Å²) >= 11 is 0. The van der Waals surface area contributed by atoms with Gasteiger partial charge in [-0.1, -0.05) is 37.6 Å². The zero-order valence-electron chi connectivity index (χ0n) is 18.7. The van der Waals surface area contributed by atoms with E-state index < -0.39 is 0 Å². The van der Waals surface area contributed by atoms with Crippen LogP contribution in [0, 0.1) is 0 Å². The Hall–Kier alpha value is -0.900. The van der Waals surface area contributed by atoms with E-state index in [0.29, 0.717) is 0 Å². The van der Waals surface area contributed by atoms with Gasteiger partial charge in [-0.2, -0.15) is 0 Å². The van der Waals surface area contributed by atoms with Crippen LogP contribution in [0.3, 0.4) is 0 Å². The predicted octanol–water partition coefficient (Wildman–Crippen LogP) is 3.07. The van der Waals surface area contributed by atoms with E-state index in [2.05, 4.69) is 56.6 Å². The van der Waals surface area contributed by atoms with Crippen LogP contribution >= 0.6 is 24.0 Å². The molecule has 30 heavy (non-hydrogen) atoms. The predicted molar refractivity (Wildman–Crippen MR) is 136 cm³/mol. The molecule has 0 saturated carbocycles. The summed E-state index contributed by atoms with van der Waals surface area (Å²) in [7, 11) is 1.84. The van der Waals surface area contributed by atoms with E-state index in [-0.39, 0.29) is 24.0 Å². The van der Waals surface area contributed by atoms with Crippen LogP contribution in [-0.2, 0) is 17.8 Å². The number of guanidine groups is 1. The van der Waals surface area contributed by atoms with Gasteiger partial charge in [-0.05, 0) is 36.9 Å². The lowest BCUT2D eigenvalue weighted by Crippen LogP contribution is -2.45. The van der Waals surface area contributed by atoms with E-state index in [4.69, 9.17) is 4.74 Å². The molecule has 0 aromatic heterocycles. The minimum atomic E-state index is 0. The van der Waals surface area contributed by atoms with E-state index in [1.807, 2.05) is 7.05 Å². The first-order valence-electron chi connectivity index (χ1n) is 11.3. The fourth-order valence-corrected chi connectivity index (χ4v) is 4.32. The van der Waals surface area contributed by atoms with Crippen LogP contribution in [0.1, 0.15) is 43.7 Å². The summed E-state index contributed by atoms with van der Waals surface area (Å²) in [6.45, 7) is 11.1. The van der Waals surface area contributed by atoms with Gasteiger partial charge in [-0.25, -0.2) is 0 Å². The van der Waals surface area contributed by atoms with Gasteiger partial charge in [0.05, 0.1) is 13.2 Å². The normalized spacial score (nSPS) is 21.1. The van der Waals surface area contributed by atoms with Gasteiger partial charge >= 0.3 is 0 Å². The largest absolute Gasteiger partial charge is 0.379 e. The minimum absolute atomic E-state index is 0. The average Bonchev–Trinajstić information content (AvgIpc) is 2.78. The first-order chi connectivity index (χ1) is 14.3. The number of likely N-dealkylation sites (tertiary alicyclic amines) is 1. The zero-order valence-corrected chi connectivity index (χ0v) is 21.1. The summed E-state index contributed by atoms with van der Waals surface area (Å²) in [5, 5.41) is 6.92. The number of ether oxygens (including phenoxy) is 1. The van der Waals surface area contributed by atoms with Crippen LogP contribution in [0.2, 0.25) is 0 Å². The van der Waals surface area contributed by atoms with E-state index >= 15 is 0 Å². The molecule has 2 N–H and O–H groups in total. The fraction of sp³-hybridized carbons (Fsp3) is 0.696. The molecule has 1 atom stereocenters. The highest BCUT2D eigenvalue weighted by Gasteiger charge is 2.20. The van der Waals surface area contributed by atoms with Gasteiger partial charge in [-0.15, -0.1) is 24.0 Å². The summed E-state index contributed by atoms with van der Waals surface area (Å²) in [5.74, 6) is 0.882. The summed E-state index contributed by atoms with van der Waals surface area (Å²) in [4.78, 5) is 9.47. The second-order valence-electron chi connectivity index (χ2n) is 8.15. The minimum Gasteiger partial charge on any atom is -0.379 e. The van der Waals surface area contributed by atoms with Crippen molar-refractivity contribution in [1.82, 2.24) is 20.4 Å². The van der Waals surface area contributed by atoms with Crippen molar-refractivity contribution in [1.29, 1.82) is 0 Å². The second-order valence-corrected chi connectivity index (χ2v) is 8.15. The molecular weight excluding hydrogens is 489 g/mol. The molecule has 0 radical (unpaired) electrons. The van der Waals surface area contributed by atoms with Gasteiger partial charge in [0.25, 0.3) is 0 Å². The highest BCUT2D eigenvalue weighted by molar-refractivity contribution is 14.0. The Kier molecular flexibility index (Phi) is 12.0. The molecule has 6 nitrogen and oxygen atoms in total. The standard InChI is InChI=1S/C23H39N5O.HI/c1-3-22-6-4-5-12-28(22)13-11-25-23(24-2)26-18-20-7-9-21(10-8-20)19-27-14-16-29-17-15-27;/h7-10,22H,3-6,11-19H2,1-2H3,(H2,24,25,26);1H. The molecule has 2 saturated heterocycles. The molecule has 3 rings (SSSR count). The third kappa shape index (κ3) is 8.32. The summed E-state index contributed by atoms with van der Waals surface area (Å²) in [6, 6.07) is 9.68. The van der Waals surface area contributed by atoms with Gasteiger partial charge < -0.3 is 15.4 Å². The molecule has 2 aliphatic heterocycles. The topological polar surface area (TPSA) is 52.1 Å². The third-order valence-electron chi connectivity index (χ3n) is 6.13. The van der Waals surface area contributed by atoms with E-state index in [1.165, 1.54) is 43.4 Å². The zero-order chi connectivity index (χ0) is 20.3. The number of nitrogens with one attached hydrogen (secondary N) is 2. The molecule has 170 valence electrons. The number of aliphatic imine (C=N–C) groups is 1.